The Balaban J connectivity index is 1.69. The quantitative estimate of drug-likeness (QED) is 0.573. The topological polar surface area (TPSA) is 90.5 Å². The largest absolute Gasteiger partial charge is 0.310 e. The van der Waals surface area contributed by atoms with E-state index < -0.39 is 0 Å². The fraction of sp³-hybridized carbons (Fsp3) is 0.308. The molecule has 0 saturated carbocycles. The zero-order valence-electron chi connectivity index (χ0n) is 12.4. The van der Waals surface area contributed by atoms with Gasteiger partial charge in [-0.15, -0.1) is 0 Å². The number of aryl methyl sites for hydroxylation is 3. The highest BCUT2D eigenvalue weighted by Crippen LogP contribution is 2.23. The molecule has 0 atom stereocenters. The average Bonchev–Trinajstić information content (AvgIpc) is 3.00. The van der Waals surface area contributed by atoms with Crippen LogP contribution in [0.3, 0.4) is 0 Å². The Morgan fingerprint density at radius 2 is 2.14 bits per heavy atom. The highest BCUT2D eigenvalue weighted by atomic mass is 32.2. The van der Waals surface area contributed by atoms with E-state index in [1.807, 2.05) is 20.0 Å². The van der Waals surface area contributed by atoms with E-state index in [1.54, 1.807) is 22.6 Å². The van der Waals surface area contributed by atoms with E-state index >= 15 is 0 Å². The summed E-state index contributed by atoms with van der Waals surface area (Å²) in [6.07, 6.45) is 3.19. The van der Waals surface area contributed by atoms with Crippen molar-refractivity contribution in [2.45, 2.75) is 11.9 Å². The third-order valence-electron chi connectivity index (χ3n) is 3.10. The maximum atomic E-state index is 12.1. The maximum Gasteiger partial charge on any atom is 0.235 e. The first-order chi connectivity index (χ1) is 10.5. The van der Waals surface area contributed by atoms with Gasteiger partial charge in [-0.25, -0.2) is 9.97 Å². The Hall–Kier alpha value is -2.42. The van der Waals surface area contributed by atoms with Crippen molar-refractivity contribution in [3.05, 3.63) is 24.3 Å². The van der Waals surface area contributed by atoms with E-state index in [0.29, 0.717) is 5.82 Å². The average molecular weight is 317 g/mol. The van der Waals surface area contributed by atoms with Gasteiger partial charge in [-0.1, -0.05) is 11.8 Å². The molecule has 0 aliphatic carbocycles. The fourth-order valence-electron chi connectivity index (χ4n) is 2.10. The molecule has 0 saturated heterocycles. The van der Waals surface area contributed by atoms with E-state index in [-0.39, 0.29) is 11.7 Å². The summed E-state index contributed by atoms with van der Waals surface area (Å²) in [5, 5.41) is 12.8. The number of aromatic nitrogens is 6. The summed E-state index contributed by atoms with van der Waals surface area (Å²) in [4.78, 5) is 20.4. The van der Waals surface area contributed by atoms with Crippen LogP contribution in [0.1, 0.15) is 5.69 Å². The van der Waals surface area contributed by atoms with Crippen LogP contribution in [-0.2, 0) is 18.9 Å². The lowest BCUT2D eigenvalue weighted by Gasteiger charge is -2.05. The zero-order chi connectivity index (χ0) is 15.7. The van der Waals surface area contributed by atoms with Crippen molar-refractivity contribution in [3.8, 4) is 0 Å². The minimum Gasteiger partial charge on any atom is -0.310 e. The van der Waals surface area contributed by atoms with Gasteiger partial charge in [0, 0.05) is 20.2 Å². The number of anilines is 1. The van der Waals surface area contributed by atoms with Crippen LogP contribution in [0.15, 0.2) is 23.6 Å². The SMILES string of the molecule is Cc1cc(NC(=O)CSc2ncnc3c2cnn3C)n(C)n1. The molecule has 0 fully saturated rings. The van der Waals surface area contributed by atoms with Crippen molar-refractivity contribution in [2.24, 2.45) is 14.1 Å². The van der Waals surface area contributed by atoms with Crippen LogP contribution in [0.2, 0.25) is 0 Å². The molecule has 0 aromatic carbocycles. The number of thioether (sulfide) groups is 1. The molecule has 0 unspecified atom stereocenters. The lowest BCUT2D eigenvalue weighted by atomic mass is 10.4. The van der Waals surface area contributed by atoms with Crippen molar-refractivity contribution in [1.29, 1.82) is 0 Å². The predicted octanol–water partition coefficient (Wildman–Crippen LogP) is 1.14. The van der Waals surface area contributed by atoms with E-state index in [9.17, 15) is 4.79 Å². The van der Waals surface area contributed by atoms with Gasteiger partial charge in [-0.3, -0.25) is 14.2 Å². The van der Waals surface area contributed by atoms with Gasteiger partial charge in [0.25, 0.3) is 0 Å². The molecular weight excluding hydrogens is 302 g/mol. The first kappa shape index (κ1) is 14.5. The van der Waals surface area contributed by atoms with Crippen LogP contribution in [0.25, 0.3) is 11.0 Å². The first-order valence-corrected chi connectivity index (χ1v) is 7.59. The molecule has 0 bridgehead atoms. The van der Waals surface area contributed by atoms with E-state index in [0.717, 1.165) is 21.8 Å². The van der Waals surface area contributed by atoms with Crippen LogP contribution in [0, 0.1) is 6.92 Å². The molecule has 3 heterocycles. The molecule has 0 spiro atoms. The van der Waals surface area contributed by atoms with Crippen molar-refractivity contribution >= 4 is 34.5 Å². The second-order valence-corrected chi connectivity index (χ2v) is 5.78. The molecule has 0 aliphatic rings. The molecule has 1 N–H and O–H groups in total. The van der Waals surface area contributed by atoms with Gasteiger partial charge >= 0.3 is 0 Å². The number of fused-ring (bicyclic) bond motifs is 1. The highest BCUT2D eigenvalue weighted by molar-refractivity contribution is 8.00. The van der Waals surface area contributed by atoms with Crippen molar-refractivity contribution < 1.29 is 4.79 Å². The van der Waals surface area contributed by atoms with Crippen LogP contribution >= 0.6 is 11.8 Å². The summed E-state index contributed by atoms with van der Waals surface area (Å²) in [6.45, 7) is 1.88. The zero-order valence-corrected chi connectivity index (χ0v) is 13.3. The number of rotatable bonds is 4. The molecule has 0 radical (unpaired) electrons. The summed E-state index contributed by atoms with van der Waals surface area (Å²) < 4.78 is 3.32. The van der Waals surface area contributed by atoms with Crippen molar-refractivity contribution in [3.63, 3.8) is 0 Å². The van der Waals surface area contributed by atoms with Gasteiger partial charge in [0.15, 0.2) is 5.65 Å². The number of hydrogen-bond donors (Lipinski definition) is 1. The van der Waals surface area contributed by atoms with E-state index in [1.165, 1.54) is 18.1 Å². The molecule has 22 heavy (non-hydrogen) atoms. The number of carbonyl (C=O) groups excluding carboxylic acids is 1. The Morgan fingerprint density at radius 3 is 2.86 bits per heavy atom. The molecule has 1 amide bonds. The summed E-state index contributed by atoms with van der Waals surface area (Å²) in [6, 6.07) is 1.83. The number of carbonyl (C=O) groups is 1. The lowest BCUT2D eigenvalue weighted by Crippen LogP contribution is -2.16. The van der Waals surface area contributed by atoms with Gasteiger partial charge in [-0.2, -0.15) is 10.2 Å². The molecule has 3 aromatic heterocycles. The second-order valence-electron chi connectivity index (χ2n) is 4.82. The van der Waals surface area contributed by atoms with Gasteiger partial charge in [0.2, 0.25) is 5.91 Å². The Bertz CT molecular complexity index is 838. The Kier molecular flexibility index (Phi) is 3.80. The summed E-state index contributed by atoms with van der Waals surface area (Å²) in [5.74, 6) is 0.826. The molecule has 3 rings (SSSR count). The van der Waals surface area contributed by atoms with Crippen LogP contribution in [0.4, 0.5) is 5.82 Å². The maximum absolute atomic E-state index is 12.1. The Morgan fingerprint density at radius 1 is 1.32 bits per heavy atom. The summed E-state index contributed by atoms with van der Waals surface area (Å²) in [5.41, 5.74) is 1.61. The normalized spacial score (nSPS) is 11.0. The van der Waals surface area contributed by atoms with E-state index in [2.05, 4.69) is 25.5 Å². The minimum atomic E-state index is -0.108. The molecule has 0 aliphatic heterocycles. The molecule has 8 nitrogen and oxygen atoms in total. The van der Waals surface area contributed by atoms with Crippen molar-refractivity contribution in [2.75, 3.05) is 11.1 Å². The van der Waals surface area contributed by atoms with Crippen LogP contribution < -0.4 is 5.32 Å². The highest BCUT2D eigenvalue weighted by Gasteiger charge is 2.12. The van der Waals surface area contributed by atoms with Crippen LogP contribution in [0.5, 0.6) is 0 Å². The summed E-state index contributed by atoms with van der Waals surface area (Å²) >= 11 is 1.36. The van der Waals surface area contributed by atoms with Crippen molar-refractivity contribution in [1.82, 2.24) is 29.5 Å². The third-order valence-corrected chi connectivity index (χ3v) is 4.11. The number of nitrogens with one attached hydrogen (secondary N) is 1. The smallest absolute Gasteiger partial charge is 0.235 e. The number of nitrogens with zero attached hydrogens (tertiary/aromatic N) is 6. The summed E-state index contributed by atoms with van der Waals surface area (Å²) in [7, 11) is 3.61. The predicted molar refractivity (Wildman–Crippen MR) is 83.6 cm³/mol. The minimum absolute atomic E-state index is 0.108. The number of hydrogen-bond acceptors (Lipinski definition) is 6. The van der Waals surface area contributed by atoms with Gasteiger partial charge in [0.1, 0.15) is 17.2 Å². The standard InChI is InChI=1S/C13H15N7OS/c1-8-4-10(19(2)18-8)17-11(21)6-22-13-9-5-16-20(3)12(9)14-7-15-13/h4-5,7H,6H2,1-3H3,(H,17,21). The fourth-order valence-corrected chi connectivity index (χ4v) is 2.86. The molecule has 9 heteroatoms. The molecule has 114 valence electrons. The lowest BCUT2D eigenvalue weighted by molar-refractivity contribution is -0.113. The van der Waals surface area contributed by atoms with Crippen LogP contribution in [-0.4, -0.2) is 41.2 Å². The van der Waals surface area contributed by atoms with Gasteiger partial charge < -0.3 is 5.32 Å². The molecular formula is C13H15N7OS. The van der Waals surface area contributed by atoms with Gasteiger partial charge in [0.05, 0.1) is 23.0 Å². The first-order valence-electron chi connectivity index (χ1n) is 6.60. The number of amides is 1. The van der Waals surface area contributed by atoms with Gasteiger partial charge in [-0.05, 0) is 6.92 Å². The Labute approximate surface area is 130 Å². The van der Waals surface area contributed by atoms with E-state index in [4.69, 9.17) is 0 Å². The molecule has 3 aromatic rings. The second kappa shape index (κ2) is 5.76. The third kappa shape index (κ3) is 2.80. The monoisotopic (exact) mass is 317 g/mol.